The summed E-state index contributed by atoms with van der Waals surface area (Å²) in [5, 5.41) is 0. The van der Waals surface area contributed by atoms with Gasteiger partial charge in [-0.2, -0.15) is 0 Å². The summed E-state index contributed by atoms with van der Waals surface area (Å²) in [6.07, 6.45) is 0.169. The van der Waals surface area contributed by atoms with Gasteiger partial charge in [0.1, 0.15) is 6.10 Å². The summed E-state index contributed by atoms with van der Waals surface area (Å²) < 4.78 is 5.97. The molecule has 0 saturated carbocycles. The Labute approximate surface area is 186 Å². The standard InChI is InChI=1S/C26H35N3O2/c1-26(2,3)21-9-11-22(12-10-21)29-17-18-31-24(25(29)30)19-20-7-5-6-8-23(20)28-15-13-27(4)14-16-28/h5-12,24H,13-19H2,1-4H3/t24-/m1/s1. The van der Waals surface area contributed by atoms with Gasteiger partial charge in [0.15, 0.2) is 0 Å². The van der Waals surface area contributed by atoms with Gasteiger partial charge < -0.3 is 19.4 Å². The first-order valence-corrected chi connectivity index (χ1v) is 11.4. The third kappa shape index (κ3) is 4.94. The molecule has 2 aromatic rings. The number of benzene rings is 2. The van der Waals surface area contributed by atoms with Crippen LogP contribution in [-0.2, 0) is 21.4 Å². The highest BCUT2D eigenvalue weighted by molar-refractivity contribution is 5.97. The van der Waals surface area contributed by atoms with Crippen molar-refractivity contribution in [1.82, 2.24) is 4.90 Å². The van der Waals surface area contributed by atoms with E-state index >= 15 is 0 Å². The number of morpholine rings is 1. The molecule has 0 aromatic heterocycles. The van der Waals surface area contributed by atoms with E-state index < -0.39 is 6.10 Å². The van der Waals surface area contributed by atoms with Crippen LogP contribution in [-0.4, -0.2) is 63.3 Å². The molecule has 31 heavy (non-hydrogen) atoms. The number of likely N-dealkylation sites (N-methyl/N-ethyl adjacent to an activating group) is 1. The minimum Gasteiger partial charge on any atom is -0.369 e. The van der Waals surface area contributed by atoms with Crippen LogP contribution in [0.5, 0.6) is 0 Å². The lowest BCUT2D eigenvalue weighted by molar-refractivity contribution is -0.133. The molecule has 2 aromatic carbocycles. The van der Waals surface area contributed by atoms with Crippen molar-refractivity contribution in [3.05, 3.63) is 59.7 Å². The molecule has 2 heterocycles. The minimum atomic E-state index is -0.440. The van der Waals surface area contributed by atoms with Gasteiger partial charge in [0.05, 0.1) is 6.61 Å². The average molecular weight is 422 g/mol. The Morgan fingerprint density at radius 1 is 0.935 bits per heavy atom. The molecule has 4 rings (SSSR count). The van der Waals surface area contributed by atoms with E-state index in [1.54, 1.807) is 0 Å². The van der Waals surface area contributed by atoms with E-state index in [9.17, 15) is 4.79 Å². The topological polar surface area (TPSA) is 36.0 Å². The lowest BCUT2D eigenvalue weighted by Gasteiger charge is -2.36. The predicted molar refractivity (Wildman–Crippen MR) is 127 cm³/mol. The minimum absolute atomic E-state index is 0.0583. The maximum atomic E-state index is 13.3. The number of nitrogens with zero attached hydrogens (tertiary/aromatic N) is 3. The van der Waals surface area contributed by atoms with Crippen LogP contribution in [0.15, 0.2) is 48.5 Å². The zero-order valence-electron chi connectivity index (χ0n) is 19.3. The second-order valence-electron chi connectivity index (χ2n) is 9.77. The van der Waals surface area contributed by atoms with E-state index in [0.717, 1.165) is 31.9 Å². The fourth-order valence-electron chi connectivity index (χ4n) is 4.42. The van der Waals surface area contributed by atoms with Crippen LogP contribution < -0.4 is 9.80 Å². The Morgan fingerprint density at radius 2 is 1.61 bits per heavy atom. The van der Waals surface area contributed by atoms with Crippen molar-refractivity contribution in [2.45, 2.75) is 38.7 Å². The van der Waals surface area contributed by atoms with Crippen LogP contribution >= 0.6 is 0 Å². The Hall–Kier alpha value is -2.37. The van der Waals surface area contributed by atoms with Crippen LogP contribution in [0.4, 0.5) is 11.4 Å². The molecular formula is C26H35N3O2. The van der Waals surface area contributed by atoms with Crippen LogP contribution in [0, 0.1) is 0 Å². The molecule has 1 amide bonds. The van der Waals surface area contributed by atoms with Crippen LogP contribution in [0.25, 0.3) is 0 Å². The van der Waals surface area contributed by atoms with E-state index in [-0.39, 0.29) is 11.3 Å². The van der Waals surface area contributed by atoms with Gasteiger partial charge >= 0.3 is 0 Å². The van der Waals surface area contributed by atoms with Crippen molar-refractivity contribution >= 4 is 17.3 Å². The van der Waals surface area contributed by atoms with Gasteiger partial charge in [-0.1, -0.05) is 51.1 Å². The number of ether oxygens (including phenoxy) is 1. The lowest BCUT2D eigenvalue weighted by Crippen LogP contribution is -2.49. The normalized spacial score (nSPS) is 20.9. The summed E-state index contributed by atoms with van der Waals surface area (Å²) in [7, 11) is 2.17. The molecule has 5 heteroatoms. The molecule has 166 valence electrons. The number of amides is 1. The first kappa shape index (κ1) is 21.8. The summed E-state index contributed by atoms with van der Waals surface area (Å²) in [5.41, 5.74) is 4.76. The van der Waals surface area contributed by atoms with Crippen molar-refractivity contribution in [3.63, 3.8) is 0 Å². The summed E-state index contributed by atoms with van der Waals surface area (Å²) in [4.78, 5) is 20.0. The fraction of sp³-hybridized carbons (Fsp3) is 0.500. The number of piperazine rings is 1. The maximum Gasteiger partial charge on any atom is 0.256 e. The van der Waals surface area contributed by atoms with Crippen molar-refractivity contribution in [2.75, 3.05) is 56.2 Å². The van der Waals surface area contributed by atoms with Crippen molar-refractivity contribution in [2.24, 2.45) is 0 Å². The zero-order chi connectivity index (χ0) is 22.0. The van der Waals surface area contributed by atoms with Gasteiger partial charge in [-0.05, 0) is 41.8 Å². The molecule has 0 aliphatic carbocycles. The molecule has 0 unspecified atom stereocenters. The first-order chi connectivity index (χ1) is 14.8. The van der Waals surface area contributed by atoms with Crippen molar-refractivity contribution in [3.8, 4) is 0 Å². The van der Waals surface area contributed by atoms with Crippen LogP contribution in [0.1, 0.15) is 31.9 Å². The van der Waals surface area contributed by atoms with Crippen molar-refractivity contribution in [1.29, 1.82) is 0 Å². The van der Waals surface area contributed by atoms with Gasteiger partial charge in [0.25, 0.3) is 5.91 Å². The monoisotopic (exact) mass is 421 g/mol. The summed E-state index contributed by atoms with van der Waals surface area (Å²) in [6, 6.07) is 16.9. The second kappa shape index (κ2) is 9.01. The smallest absolute Gasteiger partial charge is 0.256 e. The largest absolute Gasteiger partial charge is 0.369 e. The average Bonchev–Trinajstić information content (AvgIpc) is 2.76. The van der Waals surface area contributed by atoms with Gasteiger partial charge in [-0.3, -0.25) is 4.79 Å². The van der Waals surface area contributed by atoms with E-state index in [0.29, 0.717) is 19.6 Å². The Kier molecular flexibility index (Phi) is 6.35. The SMILES string of the molecule is CN1CCN(c2ccccc2C[C@H]2OCCN(c3ccc(C(C)(C)C)cc3)C2=O)CC1. The van der Waals surface area contributed by atoms with Crippen LogP contribution in [0.3, 0.4) is 0 Å². The zero-order valence-corrected chi connectivity index (χ0v) is 19.3. The number of anilines is 2. The number of hydrogen-bond donors (Lipinski definition) is 0. The van der Waals surface area contributed by atoms with Gasteiger partial charge in [-0.15, -0.1) is 0 Å². The quantitative estimate of drug-likeness (QED) is 0.754. The van der Waals surface area contributed by atoms with Gasteiger partial charge in [-0.25, -0.2) is 0 Å². The Morgan fingerprint density at radius 3 is 2.29 bits per heavy atom. The summed E-state index contributed by atoms with van der Waals surface area (Å²) >= 11 is 0. The van der Waals surface area contributed by atoms with E-state index in [2.05, 4.69) is 86.1 Å². The lowest BCUT2D eigenvalue weighted by atomic mass is 9.87. The van der Waals surface area contributed by atoms with Crippen LogP contribution in [0.2, 0.25) is 0 Å². The van der Waals surface area contributed by atoms with Gasteiger partial charge in [0.2, 0.25) is 0 Å². The van der Waals surface area contributed by atoms with E-state index in [1.807, 2.05) is 4.90 Å². The van der Waals surface area contributed by atoms with Crippen molar-refractivity contribution < 1.29 is 9.53 Å². The molecule has 2 aliphatic rings. The molecule has 2 aliphatic heterocycles. The first-order valence-electron chi connectivity index (χ1n) is 11.4. The van der Waals surface area contributed by atoms with E-state index in [1.165, 1.54) is 16.8 Å². The third-order valence-electron chi connectivity index (χ3n) is 6.46. The summed E-state index contributed by atoms with van der Waals surface area (Å²) in [6.45, 7) is 11.9. The number of rotatable bonds is 4. The molecule has 5 nitrogen and oxygen atoms in total. The molecule has 0 N–H and O–H groups in total. The molecular weight excluding hydrogens is 386 g/mol. The predicted octanol–water partition coefficient (Wildman–Crippen LogP) is 3.71. The Bertz CT molecular complexity index is 896. The molecule has 0 bridgehead atoms. The summed E-state index contributed by atoms with van der Waals surface area (Å²) in [5.74, 6) is 0.0583. The Balaban J connectivity index is 1.49. The highest BCUT2D eigenvalue weighted by Crippen LogP contribution is 2.28. The second-order valence-corrected chi connectivity index (χ2v) is 9.77. The van der Waals surface area contributed by atoms with Gasteiger partial charge in [0, 0.05) is 50.5 Å². The fourth-order valence-corrected chi connectivity index (χ4v) is 4.42. The third-order valence-corrected chi connectivity index (χ3v) is 6.46. The highest BCUT2D eigenvalue weighted by Gasteiger charge is 2.32. The molecule has 2 fully saturated rings. The highest BCUT2D eigenvalue weighted by atomic mass is 16.5. The maximum absolute atomic E-state index is 13.3. The molecule has 0 radical (unpaired) electrons. The molecule has 0 spiro atoms. The number of carbonyl (C=O) groups is 1. The molecule has 2 saturated heterocycles. The van der Waals surface area contributed by atoms with E-state index in [4.69, 9.17) is 4.74 Å². The number of hydrogen-bond acceptors (Lipinski definition) is 4. The molecule has 1 atom stereocenters. The number of para-hydroxylation sites is 1. The number of carbonyl (C=O) groups excluding carboxylic acids is 1.